The molecule has 13 heavy (non-hydrogen) atoms. The Hall–Kier alpha value is -0.650. The molecule has 0 saturated carbocycles. The lowest BCUT2D eigenvalue weighted by atomic mass is 10.3. The van der Waals surface area contributed by atoms with Crippen LogP contribution in [-0.4, -0.2) is 13.3 Å². The van der Waals surface area contributed by atoms with Crippen molar-refractivity contribution in [3.05, 3.63) is 30.1 Å². The summed E-state index contributed by atoms with van der Waals surface area (Å²) in [5.41, 5.74) is 1.04. The number of pyridine rings is 1. The standard InChI is InChI=1S/C9H13N2O.HI/c1-3-11-6-4-5-9(8-11)7-10-12-2;/h4-8H,3H2,1-2H3;1H/q+1;/p-1. The van der Waals surface area contributed by atoms with Gasteiger partial charge in [-0.15, -0.1) is 0 Å². The summed E-state index contributed by atoms with van der Waals surface area (Å²) in [5.74, 6) is 0. The van der Waals surface area contributed by atoms with Crippen LogP contribution < -0.4 is 28.5 Å². The first kappa shape index (κ1) is 12.3. The summed E-state index contributed by atoms with van der Waals surface area (Å²) in [6, 6.07) is 3.97. The van der Waals surface area contributed by atoms with Gasteiger partial charge in [0.25, 0.3) is 0 Å². The van der Waals surface area contributed by atoms with E-state index in [1.807, 2.05) is 24.5 Å². The summed E-state index contributed by atoms with van der Waals surface area (Å²) in [6.45, 7) is 3.06. The number of nitrogens with zero attached hydrogens (tertiary/aromatic N) is 2. The molecule has 1 aromatic rings. The van der Waals surface area contributed by atoms with E-state index < -0.39 is 0 Å². The molecule has 0 aliphatic carbocycles. The van der Waals surface area contributed by atoms with Crippen molar-refractivity contribution in [3.8, 4) is 0 Å². The highest BCUT2D eigenvalue weighted by molar-refractivity contribution is 5.77. The lowest BCUT2D eigenvalue weighted by Gasteiger charge is -1.92. The highest BCUT2D eigenvalue weighted by Crippen LogP contribution is 1.89. The Balaban J connectivity index is 0.00000144. The van der Waals surface area contributed by atoms with Crippen molar-refractivity contribution in [1.29, 1.82) is 0 Å². The smallest absolute Gasteiger partial charge is 0.177 e. The maximum Gasteiger partial charge on any atom is 0.177 e. The fourth-order valence-corrected chi connectivity index (χ4v) is 0.929. The molecule has 0 bridgehead atoms. The Kier molecular flexibility index (Phi) is 6.48. The third-order valence-electron chi connectivity index (χ3n) is 1.55. The van der Waals surface area contributed by atoms with Gasteiger partial charge in [-0.1, -0.05) is 5.16 Å². The molecule has 72 valence electrons. The molecule has 0 unspecified atom stereocenters. The van der Waals surface area contributed by atoms with Crippen molar-refractivity contribution < 1.29 is 33.4 Å². The molecule has 1 heterocycles. The van der Waals surface area contributed by atoms with Crippen LogP contribution in [0.3, 0.4) is 0 Å². The van der Waals surface area contributed by atoms with Gasteiger partial charge < -0.3 is 28.8 Å². The van der Waals surface area contributed by atoms with Crippen LogP contribution in [0.15, 0.2) is 29.7 Å². The number of hydrogen-bond donors (Lipinski definition) is 0. The summed E-state index contributed by atoms with van der Waals surface area (Å²) in [4.78, 5) is 4.58. The zero-order valence-electron chi connectivity index (χ0n) is 7.77. The topological polar surface area (TPSA) is 25.5 Å². The Morgan fingerprint density at radius 1 is 1.62 bits per heavy atom. The van der Waals surface area contributed by atoms with Gasteiger partial charge in [-0.05, 0) is 13.0 Å². The van der Waals surface area contributed by atoms with E-state index in [2.05, 4.69) is 21.5 Å². The van der Waals surface area contributed by atoms with Gasteiger partial charge in [0.1, 0.15) is 13.7 Å². The summed E-state index contributed by atoms with van der Waals surface area (Å²) >= 11 is 0. The molecule has 0 aliphatic rings. The summed E-state index contributed by atoms with van der Waals surface area (Å²) in [7, 11) is 1.54. The zero-order valence-corrected chi connectivity index (χ0v) is 9.93. The quantitative estimate of drug-likeness (QED) is 0.273. The molecule has 4 heteroatoms. The van der Waals surface area contributed by atoms with Crippen molar-refractivity contribution in [2.75, 3.05) is 7.11 Å². The Morgan fingerprint density at radius 2 is 2.38 bits per heavy atom. The minimum Gasteiger partial charge on any atom is -1.00 e. The number of rotatable bonds is 3. The van der Waals surface area contributed by atoms with Gasteiger partial charge in [-0.2, -0.15) is 0 Å². The highest BCUT2D eigenvalue weighted by atomic mass is 127. The van der Waals surface area contributed by atoms with E-state index in [1.54, 1.807) is 6.21 Å². The first-order chi connectivity index (χ1) is 5.86. The van der Waals surface area contributed by atoms with Gasteiger partial charge in [-0.3, -0.25) is 0 Å². The van der Waals surface area contributed by atoms with Gasteiger partial charge in [0, 0.05) is 6.07 Å². The Labute approximate surface area is 95.4 Å². The minimum absolute atomic E-state index is 0. The average Bonchev–Trinajstić information content (AvgIpc) is 2.15. The van der Waals surface area contributed by atoms with E-state index in [9.17, 15) is 0 Å². The third kappa shape index (κ3) is 4.21. The molecule has 0 fully saturated rings. The molecular weight excluding hydrogens is 279 g/mol. The number of aromatic nitrogens is 1. The third-order valence-corrected chi connectivity index (χ3v) is 1.55. The first-order valence-electron chi connectivity index (χ1n) is 3.92. The average molecular weight is 292 g/mol. The maximum atomic E-state index is 4.58. The maximum absolute atomic E-state index is 4.58. The van der Waals surface area contributed by atoms with Gasteiger partial charge in [0.2, 0.25) is 0 Å². The molecule has 1 rings (SSSR count). The second kappa shape index (κ2) is 6.82. The first-order valence-corrected chi connectivity index (χ1v) is 3.92. The van der Waals surface area contributed by atoms with Gasteiger partial charge in [0.05, 0.1) is 11.8 Å². The molecule has 0 atom stereocenters. The predicted octanol–water partition coefficient (Wildman–Crippen LogP) is -2.02. The van der Waals surface area contributed by atoms with Crippen molar-refractivity contribution in [2.45, 2.75) is 13.5 Å². The molecule has 3 nitrogen and oxygen atoms in total. The van der Waals surface area contributed by atoms with E-state index in [0.717, 1.165) is 12.1 Å². The molecule has 0 saturated heterocycles. The predicted molar refractivity (Wildman–Crippen MR) is 46.9 cm³/mol. The molecule has 0 spiro atoms. The molecular formula is C9H13IN2O. The normalized spacial score (nSPS) is 9.69. The molecule has 0 N–H and O–H groups in total. The van der Waals surface area contributed by atoms with Crippen LogP contribution in [0, 0.1) is 0 Å². The number of halogens is 1. The van der Waals surface area contributed by atoms with Gasteiger partial charge >= 0.3 is 0 Å². The van der Waals surface area contributed by atoms with Crippen LogP contribution in [0.5, 0.6) is 0 Å². The minimum atomic E-state index is 0. The van der Waals surface area contributed by atoms with E-state index in [4.69, 9.17) is 0 Å². The van der Waals surface area contributed by atoms with Crippen LogP contribution in [0.2, 0.25) is 0 Å². The highest BCUT2D eigenvalue weighted by Gasteiger charge is 1.96. The van der Waals surface area contributed by atoms with E-state index >= 15 is 0 Å². The van der Waals surface area contributed by atoms with Crippen LogP contribution in [0.4, 0.5) is 0 Å². The van der Waals surface area contributed by atoms with Crippen molar-refractivity contribution >= 4 is 6.21 Å². The van der Waals surface area contributed by atoms with Crippen molar-refractivity contribution in [1.82, 2.24) is 0 Å². The Morgan fingerprint density at radius 3 is 3.00 bits per heavy atom. The SMILES string of the molecule is CC[n+]1cccc(C=NOC)c1.[I-]. The molecule has 0 amide bonds. The summed E-state index contributed by atoms with van der Waals surface area (Å²) in [5, 5.41) is 3.68. The van der Waals surface area contributed by atoms with Crippen molar-refractivity contribution in [2.24, 2.45) is 5.16 Å². The number of oxime groups is 1. The van der Waals surface area contributed by atoms with E-state index in [0.29, 0.717) is 0 Å². The lowest BCUT2D eigenvalue weighted by Crippen LogP contribution is -3.00. The van der Waals surface area contributed by atoms with Crippen LogP contribution in [-0.2, 0) is 11.4 Å². The van der Waals surface area contributed by atoms with E-state index in [1.165, 1.54) is 7.11 Å². The second-order valence-electron chi connectivity index (χ2n) is 2.38. The molecule has 0 radical (unpaired) electrons. The monoisotopic (exact) mass is 292 g/mol. The van der Waals surface area contributed by atoms with Crippen LogP contribution >= 0.6 is 0 Å². The Bertz CT molecular complexity index is 276. The number of hydrogen-bond acceptors (Lipinski definition) is 2. The lowest BCUT2D eigenvalue weighted by molar-refractivity contribution is -0.693. The fraction of sp³-hybridized carbons (Fsp3) is 0.333. The largest absolute Gasteiger partial charge is 1.00 e. The summed E-state index contributed by atoms with van der Waals surface area (Å²) < 4.78 is 2.08. The number of aryl methyl sites for hydroxylation is 1. The summed E-state index contributed by atoms with van der Waals surface area (Å²) in [6.07, 6.45) is 5.72. The van der Waals surface area contributed by atoms with Crippen LogP contribution in [0.1, 0.15) is 12.5 Å². The van der Waals surface area contributed by atoms with Crippen molar-refractivity contribution in [3.63, 3.8) is 0 Å². The molecule has 1 aromatic heterocycles. The van der Waals surface area contributed by atoms with Gasteiger partial charge in [-0.25, -0.2) is 4.57 Å². The molecule has 0 aliphatic heterocycles. The van der Waals surface area contributed by atoms with Gasteiger partial charge in [0.15, 0.2) is 12.4 Å². The molecule has 0 aromatic carbocycles. The zero-order chi connectivity index (χ0) is 8.81. The fourth-order valence-electron chi connectivity index (χ4n) is 0.929. The van der Waals surface area contributed by atoms with E-state index in [-0.39, 0.29) is 24.0 Å². The van der Waals surface area contributed by atoms with Crippen LogP contribution in [0.25, 0.3) is 0 Å². The second-order valence-corrected chi connectivity index (χ2v) is 2.38.